The fourth-order valence-corrected chi connectivity index (χ4v) is 8.74. The molecule has 4 heterocycles. The molecule has 23 nitrogen and oxygen atoms in total. The van der Waals surface area contributed by atoms with Crippen molar-refractivity contribution in [1.82, 2.24) is 34.7 Å². The first-order valence-electron chi connectivity index (χ1n) is 24.6. The van der Waals surface area contributed by atoms with Gasteiger partial charge in [-0.3, -0.25) is 14.9 Å². The van der Waals surface area contributed by atoms with Crippen LogP contribution in [0.1, 0.15) is 22.4 Å². The lowest BCUT2D eigenvalue weighted by molar-refractivity contribution is -0.132. The van der Waals surface area contributed by atoms with Gasteiger partial charge in [0.05, 0.1) is 115 Å². The number of aromatic nitrogens is 3. The highest BCUT2D eigenvalue weighted by Gasteiger charge is 2.22. The second kappa shape index (κ2) is 33.9. The molecule has 2 aliphatic rings. The van der Waals surface area contributed by atoms with Gasteiger partial charge in [0.15, 0.2) is 5.13 Å². The molecule has 2 aromatic carbocycles. The van der Waals surface area contributed by atoms with Crippen molar-refractivity contribution in [1.29, 1.82) is 0 Å². The van der Waals surface area contributed by atoms with E-state index in [1.54, 1.807) is 50.1 Å². The Morgan fingerprint density at radius 2 is 1.48 bits per heavy atom. The van der Waals surface area contributed by atoms with Gasteiger partial charge in [0.2, 0.25) is 11.8 Å². The molecular formula is C50H73N11O12S2. The number of amides is 4. The zero-order valence-corrected chi connectivity index (χ0v) is 45.0. The number of nitrogens with one attached hydrogen (secondary N) is 3. The topological polar surface area (TPSA) is 273 Å². The van der Waals surface area contributed by atoms with E-state index in [1.165, 1.54) is 39.9 Å². The summed E-state index contributed by atoms with van der Waals surface area (Å²) < 4.78 is 43.2. The van der Waals surface area contributed by atoms with Crippen LogP contribution in [0.4, 0.5) is 15.6 Å². The van der Waals surface area contributed by atoms with Crippen LogP contribution in [-0.4, -0.2) is 198 Å². The fraction of sp³-hybridized carbons (Fsp3) is 0.520. The number of thiazole rings is 1. The number of methoxy groups -OCH3 is 2. The van der Waals surface area contributed by atoms with Crippen molar-refractivity contribution in [3.63, 3.8) is 0 Å². The molecule has 4 aromatic rings. The first kappa shape index (κ1) is 60.0. The summed E-state index contributed by atoms with van der Waals surface area (Å²) in [4.78, 5) is 65.4. The first-order chi connectivity index (χ1) is 36.4. The minimum Gasteiger partial charge on any atom is -0.497 e. The standard InChI is InChI=1S/C33H54N8O9S.C17H19N3O3S/c1-39-7-9-40(10-8-39)31(42)23-29-26-51-33(37-29)38-32(43)36-28-3-5-30(6-4-28)50-22-21-48-19-20-49-25-27(34)24-41(35)11-12-45-15-16-47-18-17-46-14-13-44-2;1-11-8-18-17(22)19-16(11)24-10-15(21)20-6-5-12-7-14(23-2)4-3-13(12)9-20/h3-6,24,26H,7-23,25,34-35H2,1-2H3,(H2,36,37,38,43);3-4,7-8H,5-6,9-10H2,1-2H3,(H,18,19,22)/b27-24-;. The fourth-order valence-electron chi connectivity index (χ4n) is 7.15. The van der Waals surface area contributed by atoms with Crippen LogP contribution in [0.15, 0.2) is 75.8 Å². The highest BCUT2D eigenvalue weighted by molar-refractivity contribution is 7.99. The number of benzene rings is 2. The van der Waals surface area contributed by atoms with E-state index < -0.39 is 11.7 Å². The molecule has 0 radical (unpaired) electrons. The van der Waals surface area contributed by atoms with E-state index in [1.807, 2.05) is 42.0 Å². The largest absolute Gasteiger partial charge is 0.497 e. The van der Waals surface area contributed by atoms with Gasteiger partial charge in [-0.05, 0) is 73.5 Å². The van der Waals surface area contributed by atoms with Gasteiger partial charge in [-0.1, -0.05) is 17.8 Å². The zero-order valence-electron chi connectivity index (χ0n) is 43.4. The number of aryl methyl sites for hydroxylation is 1. The van der Waals surface area contributed by atoms with E-state index in [-0.39, 0.29) is 24.8 Å². The van der Waals surface area contributed by atoms with Crippen molar-refractivity contribution >= 4 is 51.8 Å². The summed E-state index contributed by atoms with van der Waals surface area (Å²) in [6, 6.07) is 12.5. The van der Waals surface area contributed by atoms with Crippen molar-refractivity contribution in [3.05, 3.63) is 98.8 Å². The number of likely N-dealkylation sites (N-methyl/N-ethyl adjacent to an activating group) is 1. The quantitative estimate of drug-likeness (QED) is 0.0165. The number of fused-ring (bicyclic) bond motifs is 1. The van der Waals surface area contributed by atoms with Gasteiger partial charge in [0.25, 0.3) is 0 Å². The summed E-state index contributed by atoms with van der Waals surface area (Å²) in [5.74, 6) is 7.83. The van der Waals surface area contributed by atoms with Crippen LogP contribution >= 0.6 is 23.1 Å². The average molecular weight is 1080 g/mol. The molecule has 0 spiro atoms. The van der Waals surface area contributed by atoms with Crippen molar-refractivity contribution < 1.29 is 52.3 Å². The number of anilines is 2. The Bertz CT molecular complexity index is 2420. The number of nitrogens with zero attached hydrogens (tertiary/aromatic N) is 6. The number of urea groups is 1. The van der Waals surface area contributed by atoms with Gasteiger partial charge in [0.1, 0.15) is 18.1 Å². The summed E-state index contributed by atoms with van der Waals surface area (Å²) in [7, 11) is 5.33. The molecule has 75 heavy (non-hydrogen) atoms. The lowest BCUT2D eigenvalue weighted by atomic mass is 9.99. The van der Waals surface area contributed by atoms with E-state index in [2.05, 4.69) is 30.5 Å². The molecule has 2 aromatic heterocycles. The highest BCUT2D eigenvalue weighted by Crippen LogP contribution is 2.26. The van der Waals surface area contributed by atoms with Crippen molar-refractivity contribution in [2.45, 2.75) is 31.3 Å². The van der Waals surface area contributed by atoms with Gasteiger partial charge in [0, 0.05) is 69.8 Å². The Kier molecular flexibility index (Phi) is 27.1. The Morgan fingerprint density at radius 3 is 2.19 bits per heavy atom. The van der Waals surface area contributed by atoms with Crippen LogP contribution in [0.5, 0.6) is 11.5 Å². The van der Waals surface area contributed by atoms with Crippen LogP contribution in [0, 0.1) is 6.92 Å². The van der Waals surface area contributed by atoms with Crippen LogP contribution < -0.4 is 37.4 Å². The molecule has 2 aliphatic heterocycles. The molecular weight excluding hydrogens is 1010 g/mol. The molecule has 1 fully saturated rings. The van der Waals surface area contributed by atoms with E-state index in [0.717, 1.165) is 49.5 Å². The number of carbonyl (C=O) groups excluding carboxylic acids is 3. The third kappa shape index (κ3) is 23.3. The SMILES string of the molecule is COCCOCCOCCOCCN(N)/C=C(\N)COCCOCCOc1ccc(NC(=O)Nc2nc(CC(=O)N3CCN(C)CC3)cs2)cc1.COc1ccc2c(c1)CCN(C(=O)CSc1[nH]c(=O)ncc1C)C2. The lowest BCUT2D eigenvalue weighted by Gasteiger charge is -2.32. The number of aromatic amines is 1. The number of hydrogen-bond acceptors (Lipinski definition) is 20. The first-order valence-corrected chi connectivity index (χ1v) is 26.4. The van der Waals surface area contributed by atoms with Gasteiger partial charge < -0.3 is 73.6 Å². The van der Waals surface area contributed by atoms with Crippen LogP contribution in [-0.2, 0) is 57.4 Å². The number of rotatable bonds is 30. The summed E-state index contributed by atoms with van der Waals surface area (Å²) in [5.41, 5.74) is 10.6. The maximum Gasteiger partial charge on any atom is 0.345 e. The number of hydrogen-bond donors (Lipinski definition) is 5. The number of thioether (sulfide) groups is 1. The summed E-state index contributed by atoms with van der Waals surface area (Å²) in [6.45, 7) is 12.0. The van der Waals surface area contributed by atoms with Crippen molar-refractivity contribution in [2.75, 3.05) is 156 Å². The zero-order chi connectivity index (χ0) is 53.6. The van der Waals surface area contributed by atoms with Gasteiger partial charge >= 0.3 is 11.7 Å². The maximum atomic E-state index is 12.6. The monoisotopic (exact) mass is 1080 g/mol. The Balaban J connectivity index is 0.000000358. The normalized spacial score (nSPS) is 13.6. The van der Waals surface area contributed by atoms with Gasteiger partial charge in [-0.2, -0.15) is 0 Å². The molecule has 4 amide bonds. The number of hydrazine groups is 1. The summed E-state index contributed by atoms with van der Waals surface area (Å²) >= 11 is 2.62. The summed E-state index contributed by atoms with van der Waals surface area (Å²) in [6.07, 6.45) is 4.18. The molecule has 412 valence electrons. The number of ether oxygens (including phenoxy) is 8. The Labute approximate surface area is 446 Å². The molecule has 0 aliphatic carbocycles. The molecule has 25 heteroatoms. The van der Waals surface area contributed by atoms with Crippen molar-refractivity contribution in [3.8, 4) is 11.5 Å². The molecule has 0 atom stereocenters. The van der Waals surface area contributed by atoms with Crippen molar-refractivity contribution in [2.24, 2.45) is 11.6 Å². The van der Waals surface area contributed by atoms with E-state index >= 15 is 0 Å². The molecule has 0 bridgehead atoms. The highest BCUT2D eigenvalue weighted by atomic mass is 32.2. The molecule has 1 saturated heterocycles. The second-order valence-electron chi connectivity index (χ2n) is 17.1. The van der Waals surface area contributed by atoms with Gasteiger partial charge in [-0.15, -0.1) is 11.3 Å². The van der Waals surface area contributed by atoms with E-state index in [4.69, 9.17) is 49.5 Å². The smallest absolute Gasteiger partial charge is 0.345 e. The van der Waals surface area contributed by atoms with Crippen LogP contribution in [0.25, 0.3) is 0 Å². The Hall–Kier alpha value is -5.87. The van der Waals surface area contributed by atoms with E-state index in [0.29, 0.717) is 131 Å². The van der Waals surface area contributed by atoms with Gasteiger partial charge in [-0.25, -0.2) is 25.4 Å². The second-order valence-corrected chi connectivity index (χ2v) is 18.9. The van der Waals surface area contributed by atoms with Crippen LogP contribution in [0.3, 0.4) is 0 Å². The third-order valence-electron chi connectivity index (χ3n) is 11.3. The minimum absolute atomic E-state index is 0.0475. The minimum atomic E-state index is -0.428. The maximum absolute atomic E-state index is 12.6. The molecule has 0 unspecified atom stereocenters. The predicted molar refractivity (Wildman–Crippen MR) is 286 cm³/mol. The molecule has 7 N–H and O–H groups in total. The Morgan fingerprint density at radius 1 is 0.813 bits per heavy atom. The van der Waals surface area contributed by atoms with Crippen LogP contribution in [0.2, 0.25) is 0 Å². The lowest BCUT2D eigenvalue weighted by Crippen LogP contribution is -2.47. The number of piperazine rings is 1. The predicted octanol–water partition coefficient (Wildman–Crippen LogP) is 2.95. The van der Waals surface area contributed by atoms with E-state index in [9.17, 15) is 19.2 Å². The number of nitrogens with two attached hydrogens (primary N) is 2. The average Bonchev–Trinajstić information content (AvgIpc) is 3.84. The third-order valence-corrected chi connectivity index (χ3v) is 13.2. The summed E-state index contributed by atoms with van der Waals surface area (Å²) in [5, 5.41) is 9.85. The number of carbonyl (C=O) groups is 3. The molecule has 6 rings (SSSR count). The number of H-pyrrole nitrogens is 1. The molecule has 0 saturated carbocycles.